The van der Waals surface area contributed by atoms with Gasteiger partial charge in [0, 0.05) is 18.0 Å². The first-order valence-corrected chi connectivity index (χ1v) is 6.74. The van der Waals surface area contributed by atoms with E-state index in [9.17, 15) is 4.79 Å². The van der Waals surface area contributed by atoms with Crippen LogP contribution in [0.5, 0.6) is 0 Å². The zero-order valence-corrected chi connectivity index (χ0v) is 11.1. The van der Waals surface area contributed by atoms with Gasteiger partial charge in [-0.25, -0.2) is 0 Å². The standard InChI is InChI=1S/C14H19NOS/c1-2-5-11-8-9-15(10-11)14(16)12-6-3-4-7-13(12)17/h3-4,6-7,11,17H,2,5,8-10H2,1H3. The Kier molecular flexibility index (Phi) is 4.11. The quantitative estimate of drug-likeness (QED) is 0.815. The van der Waals surface area contributed by atoms with Crippen LogP contribution in [0.25, 0.3) is 0 Å². The van der Waals surface area contributed by atoms with Gasteiger partial charge in [-0.15, -0.1) is 12.6 Å². The summed E-state index contributed by atoms with van der Waals surface area (Å²) in [4.78, 5) is 15.0. The molecule has 17 heavy (non-hydrogen) atoms. The SMILES string of the molecule is CCCC1CCN(C(=O)c2ccccc2S)C1. The van der Waals surface area contributed by atoms with Crippen LogP contribution >= 0.6 is 12.6 Å². The van der Waals surface area contributed by atoms with Crippen molar-refractivity contribution >= 4 is 18.5 Å². The van der Waals surface area contributed by atoms with Gasteiger partial charge in [0.05, 0.1) is 5.56 Å². The molecule has 1 aromatic carbocycles. The molecule has 0 aromatic heterocycles. The van der Waals surface area contributed by atoms with Crippen LogP contribution in [0.1, 0.15) is 36.5 Å². The molecule has 0 bridgehead atoms. The molecule has 1 aliphatic rings. The predicted molar refractivity (Wildman–Crippen MR) is 72.6 cm³/mol. The van der Waals surface area contributed by atoms with Gasteiger partial charge in [-0.1, -0.05) is 25.5 Å². The Hall–Kier alpha value is -0.960. The van der Waals surface area contributed by atoms with E-state index in [1.165, 1.54) is 12.8 Å². The number of rotatable bonds is 3. The van der Waals surface area contributed by atoms with E-state index in [1.54, 1.807) is 0 Å². The number of nitrogens with zero attached hydrogens (tertiary/aromatic N) is 1. The Morgan fingerprint density at radius 2 is 2.24 bits per heavy atom. The van der Waals surface area contributed by atoms with E-state index >= 15 is 0 Å². The van der Waals surface area contributed by atoms with E-state index in [0.717, 1.165) is 30.0 Å². The lowest BCUT2D eigenvalue weighted by Gasteiger charge is -2.17. The number of carbonyl (C=O) groups is 1. The minimum atomic E-state index is 0.134. The number of likely N-dealkylation sites (tertiary alicyclic amines) is 1. The molecule has 1 amide bonds. The monoisotopic (exact) mass is 249 g/mol. The van der Waals surface area contributed by atoms with Crippen LogP contribution in [0.15, 0.2) is 29.2 Å². The van der Waals surface area contributed by atoms with Gasteiger partial charge in [0.1, 0.15) is 0 Å². The van der Waals surface area contributed by atoms with Gasteiger partial charge in [-0.05, 0) is 30.9 Å². The normalized spacial score (nSPS) is 19.6. The van der Waals surface area contributed by atoms with Gasteiger partial charge in [-0.3, -0.25) is 4.79 Å². The number of hydrogen-bond donors (Lipinski definition) is 1. The second-order valence-electron chi connectivity index (χ2n) is 4.71. The van der Waals surface area contributed by atoms with Crippen LogP contribution in [0.2, 0.25) is 0 Å². The van der Waals surface area contributed by atoms with Gasteiger partial charge < -0.3 is 4.90 Å². The molecule has 1 unspecified atom stereocenters. The fourth-order valence-corrected chi connectivity index (χ4v) is 2.74. The van der Waals surface area contributed by atoms with Crippen molar-refractivity contribution in [3.8, 4) is 0 Å². The molecule has 0 N–H and O–H groups in total. The summed E-state index contributed by atoms with van der Waals surface area (Å²) < 4.78 is 0. The van der Waals surface area contributed by atoms with E-state index in [2.05, 4.69) is 19.6 Å². The van der Waals surface area contributed by atoms with Gasteiger partial charge in [0.2, 0.25) is 0 Å². The minimum absolute atomic E-state index is 0.134. The highest BCUT2D eigenvalue weighted by molar-refractivity contribution is 7.80. The van der Waals surface area contributed by atoms with Crippen molar-refractivity contribution < 1.29 is 4.79 Å². The zero-order valence-electron chi connectivity index (χ0n) is 10.2. The molecule has 1 atom stereocenters. The third kappa shape index (κ3) is 2.83. The van der Waals surface area contributed by atoms with Crippen molar-refractivity contribution in [1.82, 2.24) is 4.90 Å². The third-order valence-corrected chi connectivity index (χ3v) is 3.79. The predicted octanol–water partition coefficient (Wildman–Crippen LogP) is 3.24. The zero-order chi connectivity index (χ0) is 12.3. The number of carbonyl (C=O) groups excluding carboxylic acids is 1. The lowest BCUT2D eigenvalue weighted by molar-refractivity contribution is 0.0783. The maximum atomic E-state index is 12.3. The highest BCUT2D eigenvalue weighted by Gasteiger charge is 2.26. The Labute approximate surface area is 108 Å². The van der Waals surface area contributed by atoms with E-state index < -0.39 is 0 Å². The van der Waals surface area contributed by atoms with Gasteiger partial charge in [-0.2, -0.15) is 0 Å². The lowest BCUT2D eigenvalue weighted by atomic mass is 10.0. The average Bonchev–Trinajstić information content (AvgIpc) is 2.78. The Balaban J connectivity index is 2.05. The number of thiol groups is 1. The van der Waals surface area contributed by atoms with E-state index in [4.69, 9.17) is 0 Å². The third-order valence-electron chi connectivity index (χ3n) is 3.40. The first-order valence-electron chi connectivity index (χ1n) is 6.29. The summed E-state index contributed by atoms with van der Waals surface area (Å²) >= 11 is 4.35. The Morgan fingerprint density at radius 1 is 1.47 bits per heavy atom. The molecular formula is C14H19NOS. The number of amides is 1. The van der Waals surface area contributed by atoms with E-state index in [0.29, 0.717) is 5.92 Å². The molecule has 1 aliphatic heterocycles. The van der Waals surface area contributed by atoms with Gasteiger partial charge >= 0.3 is 0 Å². The minimum Gasteiger partial charge on any atom is -0.338 e. The summed E-state index contributed by atoms with van der Waals surface area (Å²) in [5.41, 5.74) is 0.730. The fraction of sp³-hybridized carbons (Fsp3) is 0.500. The van der Waals surface area contributed by atoms with Crippen LogP contribution in [0.3, 0.4) is 0 Å². The van der Waals surface area contributed by atoms with Crippen molar-refractivity contribution in [2.24, 2.45) is 5.92 Å². The summed E-state index contributed by atoms with van der Waals surface area (Å²) in [5, 5.41) is 0. The summed E-state index contributed by atoms with van der Waals surface area (Å²) in [5.74, 6) is 0.824. The first kappa shape index (κ1) is 12.5. The van der Waals surface area contributed by atoms with Crippen LogP contribution < -0.4 is 0 Å². The molecule has 0 saturated carbocycles. The Bertz CT molecular complexity index is 405. The molecule has 3 heteroatoms. The molecule has 0 spiro atoms. The molecule has 1 heterocycles. The summed E-state index contributed by atoms with van der Waals surface area (Å²) in [6.45, 7) is 4.01. The smallest absolute Gasteiger partial charge is 0.254 e. The average molecular weight is 249 g/mol. The topological polar surface area (TPSA) is 20.3 Å². The summed E-state index contributed by atoms with van der Waals surface area (Å²) in [7, 11) is 0. The first-order chi connectivity index (χ1) is 8.22. The summed E-state index contributed by atoms with van der Waals surface area (Å²) in [6, 6.07) is 7.53. The maximum Gasteiger partial charge on any atom is 0.254 e. The molecule has 1 aromatic rings. The number of hydrogen-bond acceptors (Lipinski definition) is 2. The van der Waals surface area contributed by atoms with E-state index in [-0.39, 0.29) is 5.91 Å². The second kappa shape index (κ2) is 5.58. The maximum absolute atomic E-state index is 12.3. The molecule has 0 radical (unpaired) electrons. The van der Waals surface area contributed by atoms with Gasteiger partial charge in [0.25, 0.3) is 5.91 Å². The molecule has 2 rings (SSSR count). The van der Waals surface area contributed by atoms with Crippen molar-refractivity contribution in [2.45, 2.75) is 31.1 Å². The lowest BCUT2D eigenvalue weighted by Crippen LogP contribution is -2.29. The van der Waals surface area contributed by atoms with Crippen molar-refractivity contribution in [3.05, 3.63) is 29.8 Å². The van der Waals surface area contributed by atoms with Crippen LogP contribution in [-0.4, -0.2) is 23.9 Å². The van der Waals surface area contributed by atoms with Crippen LogP contribution in [0, 0.1) is 5.92 Å². The molecular weight excluding hydrogens is 230 g/mol. The second-order valence-corrected chi connectivity index (χ2v) is 5.19. The van der Waals surface area contributed by atoms with Crippen LogP contribution in [-0.2, 0) is 0 Å². The van der Waals surface area contributed by atoms with Crippen molar-refractivity contribution in [2.75, 3.05) is 13.1 Å². The molecule has 1 fully saturated rings. The fourth-order valence-electron chi connectivity index (χ4n) is 2.49. The highest BCUT2D eigenvalue weighted by Crippen LogP contribution is 2.24. The molecule has 2 nitrogen and oxygen atoms in total. The van der Waals surface area contributed by atoms with E-state index in [1.807, 2.05) is 29.2 Å². The highest BCUT2D eigenvalue weighted by atomic mass is 32.1. The molecule has 92 valence electrons. The largest absolute Gasteiger partial charge is 0.338 e. The molecule has 0 aliphatic carbocycles. The Morgan fingerprint density at radius 3 is 2.94 bits per heavy atom. The van der Waals surface area contributed by atoms with Crippen molar-refractivity contribution in [1.29, 1.82) is 0 Å². The summed E-state index contributed by atoms with van der Waals surface area (Å²) in [6.07, 6.45) is 3.58. The van der Waals surface area contributed by atoms with Crippen molar-refractivity contribution in [3.63, 3.8) is 0 Å². The van der Waals surface area contributed by atoms with Crippen LogP contribution in [0.4, 0.5) is 0 Å². The molecule has 1 saturated heterocycles. The number of benzene rings is 1. The van der Waals surface area contributed by atoms with Gasteiger partial charge in [0.15, 0.2) is 0 Å².